The van der Waals surface area contributed by atoms with E-state index in [1.54, 1.807) is 0 Å². The van der Waals surface area contributed by atoms with Gasteiger partial charge in [0, 0.05) is 5.92 Å². The molecule has 0 aliphatic carbocycles. The minimum absolute atomic E-state index is 0. The molecule has 1 atom stereocenters. The number of hydrogen-bond donors (Lipinski definition) is 0. The van der Waals surface area contributed by atoms with E-state index in [4.69, 9.17) is 0 Å². The predicted molar refractivity (Wildman–Crippen MR) is 74.1 cm³/mol. The van der Waals surface area contributed by atoms with E-state index in [0.29, 0.717) is 6.54 Å². The van der Waals surface area contributed by atoms with Gasteiger partial charge in [0.1, 0.15) is 0 Å². The summed E-state index contributed by atoms with van der Waals surface area (Å²) in [6.07, 6.45) is 0.832. The standard InChI is InChI=1S/C11H13NO.2C2H6.Rb/c1-8-6-9-4-2-3-5-10(9)7-12-11(8)13;2*1-2;/h2-5,8H,6-7H2,1H3,(H,12,13);2*1-2H3;/q;;;+1/p-1. The first-order valence-electron chi connectivity index (χ1n) is 6.55. The van der Waals surface area contributed by atoms with E-state index in [9.17, 15) is 4.79 Å². The molecule has 2 nitrogen and oxygen atoms in total. The van der Waals surface area contributed by atoms with Crippen LogP contribution < -0.4 is 58.2 Å². The summed E-state index contributed by atoms with van der Waals surface area (Å²) in [6.45, 7) is 10.5. The van der Waals surface area contributed by atoms with E-state index in [1.807, 2.05) is 52.8 Å². The van der Waals surface area contributed by atoms with Crippen molar-refractivity contribution >= 4 is 5.91 Å². The Labute approximate surface area is 161 Å². The van der Waals surface area contributed by atoms with Crippen molar-refractivity contribution in [3.63, 3.8) is 0 Å². The Morgan fingerprint density at radius 2 is 1.56 bits per heavy atom. The van der Waals surface area contributed by atoms with Crippen LogP contribution in [-0.2, 0) is 17.8 Å². The van der Waals surface area contributed by atoms with Gasteiger partial charge in [0.25, 0.3) is 0 Å². The number of benzene rings is 1. The quantitative estimate of drug-likeness (QED) is 0.710. The Kier molecular flexibility index (Phi) is 14.5. The first-order chi connectivity index (χ1) is 8.27. The molecule has 2 rings (SSSR count). The van der Waals surface area contributed by atoms with Crippen molar-refractivity contribution in [3.05, 3.63) is 40.7 Å². The smallest absolute Gasteiger partial charge is 0.649 e. The average molecular weight is 320 g/mol. The van der Waals surface area contributed by atoms with Gasteiger partial charge >= 0.3 is 58.2 Å². The van der Waals surface area contributed by atoms with E-state index in [-0.39, 0.29) is 70.0 Å². The van der Waals surface area contributed by atoms with E-state index >= 15 is 0 Å². The van der Waals surface area contributed by atoms with Crippen LogP contribution in [0.3, 0.4) is 0 Å². The molecular weight excluding hydrogens is 296 g/mol. The van der Waals surface area contributed by atoms with Gasteiger partial charge < -0.3 is 10.1 Å². The monoisotopic (exact) mass is 319 g/mol. The molecule has 3 heteroatoms. The number of hydrogen-bond acceptors (Lipinski definition) is 1. The molecule has 0 aromatic heterocycles. The zero-order chi connectivity index (χ0) is 13.3. The Hall–Kier alpha value is 0.495. The molecule has 1 unspecified atom stereocenters. The molecule has 0 bridgehead atoms. The second-order valence-corrected chi connectivity index (χ2v) is 3.53. The number of amides is 1. The molecule has 1 aromatic rings. The minimum atomic E-state index is 0. The van der Waals surface area contributed by atoms with Crippen LogP contribution in [0.5, 0.6) is 0 Å². The fraction of sp³-hybridized carbons (Fsp3) is 0.533. The van der Waals surface area contributed by atoms with Crippen molar-refractivity contribution in [1.82, 2.24) is 0 Å². The summed E-state index contributed by atoms with van der Waals surface area (Å²) >= 11 is 0. The molecule has 1 aliphatic heterocycles. The van der Waals surface area contributed by atoms with E-state index in [2.05, 4.69) is 11.4 Å². The van der Waals surface area contributed by atoms with Gasteiger partial charge in [0.15, 0.2) is 0 Å². The maximum atomic E-state index is 11.3. The third kappa shape index (κ3) is 6.60. The number of rotatable bonds is 0. The SMILES string of the molecule is CC.CC.CC1Cc2ccccc2C[N-]C1=O.[Rb+]. The zero-order valence-electron chi connectivity index (χ0n) is 12.7. The van der Waals surface area contributed by atoms with Gasteiger partial charge in [0.2, 0.25) is 0 Å². The maximum absolute atomic E-state index is 11.3. The summed E-state index contributed by atoms with van der Waals surface area (Å²) in [5, 5.41) is 4.01. The molecular formula is C15H24NORb. The Morgan fingerprint density at radius 1 is 1.06 bits per heavy atom. The van der Waals surface area contributed by atoms with E-state index in [1.165, 1.54) is 11.1 Å². The second-order valence-electron chi connectivity index (χ2n) is 3.53. The van der Waals surface area contributed by atoms with Gasteiger partial charge in [-0.25, -0.2) is 0 Å². The first kappa shape index (κ1) is 20.8. The van der Waals surface area contributed by atoms with Crippen LogP contribution in [0, 0.1) is 5.92 Å². The summed E-state index contributed by atoms with van der Waals surface area (Å²) in [5.41, 5.74) is 2.46. The zero-order valence-corrected chi connectivity index (χ0v) is 17.6. The molecule has 1 amide bonds. The normalized spacial score (nSPS) is 16.3. The van der Waals surface area contributed by atoms with Gasteiger partial charge in [0.05, 0.1) is 5.91 Å². The fourth-order valence-electron chi connectivity index (χ4n) is 1.65. The molecule has 0 saturated carbocycles. The molecule has 1 heterocycles. The topological polar surface area (TPSA) is 31.2 Å². The third-order valence-electron chi connectivity index (χ3n) is 2.47. The van der Waals surface area contributed by atoms with Crippen molar-refractivity contribution in [2.45, 2.75) is 47.6 Å². The predicted octanol–water partition coefficient (Wildman–Crippen LogP) is 1.34. The van der Waals surface area contributed by atoms with Crippen molar-refractivity contribution in [2.24, 2.45) is 5.92 Å². The number of fused-ring (bicyclic) bond motifs is 1. The van der Waals surface area contributed by atoms with Crippen LogP contribution in [0.4, 0.5) is 0 Å². The first-order valence-corrected chi connectivity index (χ1v) is 6.55. The minimum Gasteiger partial charge on any atom is -0.649 e. The van der Waals surface area contributed by atoms with E-state index < -0.39 is 0 Å². The molecule has 0 N–H and O–H groups in total. The maximum Gasteiger partial charge on any atom is 1.00 e. The summed E-state index contributed by atoms with van der Waals surface area (Å²) < 4.78 is 0. The summed E-state index contributed by atoms with van der Waals surface area (Å²) in [7, 11) is 0. The summed E-state index contributed by atoms with van der Waals surface area (Å²) in [4.78, 5) is 11.3. The fourth-order valence-corrected chi connectivity index (χ4v) is 1.65. The largest absolute Gasteiger partial charge is 1.00 e. The molecule has 18 heavy (non-hydrogen) atoms. The summed E-state index contributed by atoms with van der Waals surface area (Å²) in [6, 6.07) is 8.14. The average Bonchev–Trinajstić information content (AvgIpc) is 2.55. The van der Waals surface area contributed by atoms with Gasteiger partial charge in [-0.15, -0.1) is 6.54 Å². The molecule has 0 fully saturated rings. The molecule has 0 radical (unpaired) electrons. The Bertz CT molecular complexity index is 339. The van der Waals surface area contributed by atoms with Gasteiger partial charge in [-0.3, -0.25) is 0 Å². The molecule has 1 aromatic carbocycles. The van der Waals surface area contributed by atoms with Crippen LogP contribution in [0.2, 0.25) is 0 Å². The van der Waals surface area contributed by atoms with Crippen LogP contribution >= 0.6 is 0 Å². The van der Waals surface area contributed by atoms with E-state index in [0.717, 1.165) is 6.42 Å². The molecule has 1 aliphatic rings. The van der Waals surface area contributed by atoms with Crippen molar-refractivity contribution in [3.8, 4) is 0 Å². The van der Waals surface area contributed by atoms with Crippen molar-refractivity contribution in [2.75, 3.05) is 0 Å². The van der Waals surface area contributed by atoms with Crippen molar-refractivity contribution in [1.29, 1.82) is 0 Å². The van der Waals surface area contributed by atoms with Crippen molar-refractivity contribution < 1.29 is 63.0 Å². The van der Waals surface area contributed by atoms with Crippen LogP contribution in [0.15, 0.2) is 24.3 Å². The van der Waals surface area contributed by atoms with Crippen LogP contribution in [0.25, 0.3) is 5.32 Å². The molecule has 96 valence electrons. The number of carbonyl (C=O) groups excluding carboxylic acids is 1. The number of nitrogens with zero attached hydrogens (tertiary/aromatic N) is 1. The molecule has 0 spiro atoms. The third-order valence-corrected chi connectivity index (χ3v) is 2.47. The molecule has 0 saturated heterocycles. The van der Waals surface area contributed by atoms with Crippen LogP contribution in [0.1, 0.15) is 45.7 Å². The second kappa shape index (κ2) is 12.5. The van der Waals surface area contributed by atoms with Gasteiger partial charge in [-0.1, -0.05) is 64.4 Å². The number of carbonyl (C=O) groups is 1. The van der Waals surface area contributed by atoms with Gasteiger partial charge in [-0.2, -0.15) is 0 Å². The van der Waals surface area contributed by atoms with Gasteiger partial charge in [-0.05, 0) is 12.0 Å². The summed E-state index contributed by atoms with van der Waals surface area (Å²) in [5.74, 6) is 0.0832. The Morgan fingerprint density at radius 3 is 2.11 bits per heavy atom. The Balaban J connectivity index is 0. The van der Waals surface area contributed by atoms with Crippen LogP contribution in [-0.4, -0.2) is 5.91 Å².